The summed E-state index contributed by atoms with van der Waals surface area (Å²) in [5, 5.41) is 16.5. The Morgan fingerprint density at radius 1 is 1.31 bits per heavy atom. The molecule has 1 aromatic heterocycles. The summed E-state index contributed by atoms with van der Waals surface area (Å²) >= 11 is 0. The Hall–Kier alpha value is -4.03. The van der Waals surface area contributed by atoms with E-state index in [1.807, 2.05) is 25.1 Å². The molecule has 186 valence electrons. The Kier molecular flexibility index (Phi) is 8.08. The quantitative estimate of drug-likeness (QED) is 0.460. The number of hydrogen-bond acceptors (Lipinski definition) is 7. The third-order valence-electron chi connectivity index (χ3n) is 6.52. The molecule has 36 heavy (non-hydrogen) atoms. The van der Waals surface area contributed by atoms with Gasteiger partial charge in [0.05, 0.1) is 23.7 Å². The number of hydrogen-bond donors (Lipinski definition) is 2. The van der Waals surface area contributed by atoms with Gasteiger partial charge in [0.2, 0.25) is 5.91 Å². The first-order chi connectivity index (χ1) is 17.5. The Bertz CT molecular complexity index is 1250. The number of fused-ring (bicyclic) bond motifs is 1. The Morgan fingerprint density at radius 2 is 2.17 bits per heavy atom. The maximum absolute atomic E-state index is 13.0. The molecule has 0 bridgehead atoms. The molecule has 9 nitrogen and oxygen atoms in total. The zero-order chi connectivity index (χ0) is 25.5. The van der Waals surface area contributed by atoms with Crippen LogP contribution in [-0.2, 0) is 4.79 Å². The first-order valence-corrected chi connectivity index (χ1v) is 12.2. The zero-order valence-corrected chi connectivity index (χ0v) is 20.5. The van der Waals surface area contributed by atoms with Crippen LogP contribution in [0.4, 0.5) is 5.69 Å². The van der Waals surface area contributed by atoms with Crippen molar-refractivity contribution in [3.63, 3.8) is 0 Å². The number of nitrogens with one attached hydrogen (secondary N) is 2. The molecule has 2 atom stereocenters. The van der Waals surface area contributed by atoms with E-state index in [1.165, 1.54) is 6.20 Å². The molecule has 2 fully saturated rings. The summed E-state index contributed by atoms with van der Waals surface area (Å²) in [5.41, 5.74) is 1.94. The van der Waals surface area contributed by atoms with E-state index in [4.69, 9.17) is 0 Å². The molecule has 0 saturated carbocycles. The third-order valence-corrected chi connectivity index (χ3v) is 6.52. The number of benzene rings is 1. The van der Waals surface area contributed by atoms with Crippen molar-refractivity contribution in [2.24, 2.45) is 4.99 Å². The topological polar surface area (TPSA) is 114 Å². The molecule has 1 aromatic carbocycles. The molecule has 2 saturated heterocycles. The molecule has 4 rings (SSSR count). The number of pyridine rings is 1. The van der Waals surface area contributed by atoms with Crippen molar-refractivity contribution >= 4 is 34.2 Å². The number of nitriles is 1. The molecular formula is C27H31N7O2. The minimum absolute atomic E-state index is 0.0296. The van der Waals surface area contributed by atoms with Crippen molar-refractivity contribution in [2.45, 2.75) is 38.3 Å². The van der Waals surface area contributed by atoms with Crippen molar-refractivity contribution in [3.05, 3.63) is 61.0 Å². The van der Waals surface area contributed by atoms with Gasteiger partial charge in [-0.25, -0.2) is 4.99 Å². The van der Waals surface area contributed by atoms with Crippen LogP contribution in [-0.4, -0.2) is 70.7 Å². The van der Waals surface area contributed by atoms with E-state index in [1.54, 1.807) is 29.3 Å². The highest BCUT2D eigenvalue weighted by atomic mass is 16.2. The summed E-state index contributed by atoms with van der Waals surface area (Å²) in [7, 11) is 0. The molecule has 9 heteroatoms. The number of allylic oxidation sites excluding steroid dienone is 1. The monoisotopic (exact) mass is 485 g/mol. The normalized spacial score (nSPS) is 20.6. The van der Waals surface area contributed by atoms with Gasteiger partial charge in [-0.2, -0.15) is 5.26 Å². The summed E-state index contributed by atoms with van der Waals surface area (Å²) in [6.45, 7) is 7.97. The summed E-state index contributed by atoms with van der Waals surface area (Å²) in [4.78, 5) is 38.1. The second kappa shape index (κ2) is 11.6. The molecule has 3 heterocycles. The van der Waals surface area contributed by atoms with Crippen molar-refractivity contribution < 1.29 is 9.59 Å². The number of rotatable bonds is 7. The SMILES string of the molecule is C=C/N=C(\C=C/C)NC(=O)c1ccc(N[C@H]2CCN(CC(=O)N3CCC[C@H]3C#N)C2)c2cccnc12. The molecule has 2 N–H and O–H groups in total. The average Bonchev–Trinajstić information content (AvgIpc) is 3.54. The van der Waals surface area contributed by atoms with E-state index in [2.05, 4.69) is 38.2 Å². The van der Waals surface area contributed by atoms with Gasteiger partial charge in [-0.3, -0.25) is 19.5 Å². The van der Waals surface area contributed by atoms with Crippen LogP contribution in [0.5, 0.6) is 0 Å². The van der Waals surface area contributed by atoms with Gasteiger partial charge in [0.1, 0.15) is 11.9 Å². The predicted molar refractivity (Wildman–Crippen MR) is 140 cm³/mol. The maximum Gasteiger partial charge on any atom is 0.259 e. The molecule has 2 aliphatic rings. The van der Waals surface area contributed by atoms with Crippen LogP contribution < -0.4 is 10.6 Å². The van der Waals surface area contributed by atoms with Gasteiger partial charge in [0.15, 0.2) is 0 Å². The van der Waals surface area contributed by atoms with E-state index < -0.39 is 0 Å². The van der Waals surface area contributed by atoms with Crippen molar-refractivity contribution in [3.8, 4) is 6.07 Å². The van der Waals surface area contributed by atoms with Crippen LogP contribution in [0.15, 0.2) is 60.4 Å². The minimum Gasteiger partial charge on any atom is -0.380 e. The lowest BCUT2D eigenvalue weighted by molar-refractivity contribution is -0.132. The Morgan fingerprint density at radius 3 is 2.94 bits per heavy atom. The number of carbonyl (C=O) groups is 2. The summed E-state index contributed by atoms with van der Waals surface area (Å²) in [6.07, 6.45) is 9.08. The number of aromatic nitrogens is 1. The zero-order valence-electron chi connectivity index (χ0n) is 20.5. The number of aliphatic imine (C=N–C) groups is 1. The van der Waals surface area contributed by atoms with E-state index >= 15 is 0 Å². The lowest BCUT2D eigenvalue weighted by Gasteiger charge is -2.23. The fraction of sp³-hybridized carbons (Fsp3) is 0.370. The number of nitrogens with zero attached hydrogens (tertiary/aromatic N) is 5. The largest absolute Gasteiger partial charge is 0.380 e. The second-order valence-electron chi connectivity index (χ2n) is 8.95. The smallest absolute Gasteiger partial charge is 0.259 e. The highest BCUT2D eigenvalue weighted by Crippen LogP contribution is 2.27. The van der Waals surface area contributed by atoms with Gasteiger partial charge in [-0.15, -0.1) is 0 Å². The predicted octanol–water partition coefficient (Wildman–Crippen LogP) is 3.08. The van der Waals surface area contributed by atoms with Crippen LogP contribution >= 0.6 is 0 Å². The molecule has 2 amide bonds. The number of likely N-dealkylation sites (tertiary alicyclic amines) is 2. The molecule has 2 aromatic rings. The molecule has 0 unspecified atom stereocenters. The first kappa shape index (κ1) is 25.1. The third kappa shape index (κ3) is 5.61. The first-order valence-electron chi connectivity index (χ1n) is 12.2. The van der Waals surface area contributed by atoms with E-state index in [-0.39, 0.29) is 23.9 Å². The van der Waals surface area contributed by atoms with Crippen LogP contribution in [0.2, 0.25) is 0 Å². The number of amidine groups is 1. The lowest BCUT2D eigenvalue weighted by Crippen LogP contribution is -2.42. The van der Waals surface area contributed by atoms with Crippen LogP contribution in [0.1, 0.15) is 36.5 Å². The van der Waals surface area contributed by atoms with Crippen LogP contribution in [0, 0.1) is 11.3 Å². The van der Waals surface area contributed by atoms with Gasteiger partial charge >= 0.3 is 0 Å². The van der Waals surface area contributed by atoms with Crippen LogP contribution in [0.3, 0.4) is 0 Å². The van der Waals surface area contributed by atoms with Gasteiger partial charge in [-0.05, 0) is 56.5 Å². The molecule has 0 aliphatic carbocycles. The standard InChI is InChI=1S/C27H31N7O2/c1-3-7-24(29-4-2)32-27(36)22-10-11-23(21-9-5-13-30-26(21)22)31-19-12-15-33(17-19)18-25(35)34-14-6-8-20(34)16-28/h3-5,7,9-11,13,19-20,31H,2,6,8,12,14-15,17-18H2,1H3,(H,29,32,36)/b7-3-/t19-,20-/m0/s1. The van der Waals surface area contributed by atoms with Crippen LogP contribution in [0.25, 0.3) is 10.9 Å². The fourth-order valence-corrected chi connectivity index (χ4v) is 4.83. The summed E-state index contributed by atoms with van der Waals surface area (Å²) in [6, 6.07) is 9.56. The van der Waals surface area contributed by atoms with Gasteiger partial charge in [0, 0.05) is 49.1 Å². The number of amides is 2. The maximum atomic E-state index is 13.0. The summed E-state index contributed by atoms with van der Waals surface area (Å²) < 4.78 is 0. The van der Waals surface area contributed by atoms with Crippen molar-refractivity contribution in [1.29, 1.82) is 5.26 Å². The molecular weight excluding hydrogens is 454 g/mol. The average molecular weight is 486 g/mol. The van der Waals surface area contributed by atoms with Gasteiger partial charge in [0.25, 0.3) is 5.91 Å². The number of carbonyl (C=O) groups excluding carboxylic acids is 2. The Balaban J connectivity index is 1.45. The lowest BCUT2D eigenvalue weighted by atomic mass is 10.1. The van der Waals surface area contributed by atoms with Gasteiger partial charge < -0.3 is 15.5 Å². The molecule has 0 spiro atoms. The van der Waals surface area contributed by atoms with E-state index in [0.717, 1.165) is 43.4 Å². The molecule has 2 aliphatic heterocycles. The van der Waals surface area contributed by atoms with Gasteiger partial charge in [-0.1, -0.05) is 12.7 Å². The van der Waals surface area contributed by atoms with E-state index in [9.17, 15) is 14.9 Å². The van der Waals surface area contributed by atoms with Crippen molar-refractivity contribution in [1.82, 2.24) is 20.1 Å². The fourth-order valence-electron chi connectivity index (χ4n) is 4.83. The number of anilines is 1. The molecule has 0 radical (unpaired) electrons. The van der Waals surface area contributed by atoms with Crippen molar-refractivity contribution in [2.75, 3.05) is 31.5 Å². The highest BCUT2D eigenvalue weighted by molar-refractivity contribution is 6.15. The highest BCUT2D eigenvalue weighted by Gasteiger charge is 2.31. The summed E-state index contributed by atoms with van der Waals surface area (Å²) in [5.74, 6) is 0.133. The van der Waals surface area contributed by atoms with E-state index in [0.29, 0.717) is 30.0 Å². The second-order valence-corrected chi connectivity index (χ2v) is 8.95. The minimum atomic E-state index is -0.299. The Labute approximate surface area is 211 Å².